The zero-order chi connectivity index (χ0) is 23.3. The summed E-state index contributed by atoms with van der Waals surface area (Å²) in [5, 5.41) is 6.70. The summed E-state index contributed by atoms with van der Waals surface area (Å²) in [5.74, 6) is 0.715. The van der Waals surface area contributed by atoms with Crippen molar-refractivity contribution in [2.45, 2.75) is 31.8 Å². The molecule has 35 heavy (non-hydrogen) atoms. The fraction of sp³-hybridized carbons (Fsp3) is 0.310. The molecular formula is C29H32ClN3O2. The Kier molecular flexibility index (Phi) is 8.21. The van der Waals surface area contributed by atoms with Gasteiger partial charge in [-0.3, -0.25) is 14.5 Å². The van der Waals surface area contributed by atoms with Crippen LogP contribution in [0.4, 0.5) is 5.69 Å². The molecule has 0 bridgehead atoms. The van der Waals surface area contributed by atoms with Crippen molar-refractivity contribution in [3.63, 3.8) is 0 Å². The number of benzene rings is 3. The molecule has 0 aliphatic carbocycles. The average Bonchev–Trinajstić information content (AvgIpc) is 3.06. The molecule has 182 valence electrons. The Labute approximate surface area is 213 Å². The van der Waals surface area contributed by atoms with E-state index in [4.69, 9.17) is 0 Å². The molecule has 3 aromatic carbocycles. The van der Waals surface area contributed by atoms with Gasteiger partial charge in [-0.25, -0.2) is 0 Å². The number of amides is 2. The van der Waals surface area contributed by atoms with E-state index in [2.05, 4.69) is 16.7 Å². The number of nitrogens with zero attached hydrogens (tertiary/aromatic N) is 1. The van der Waals surface area contributed by atoms with Gasteiger partial charge in [-0.15, -0.1) is 12.4 Å². The summed E-state index contributed by atoms with van der Waals surface area (Å²) in [7, 11) is 0. The predicted molar refractivity (Wildman–Crippen MR) is 142 cm³/mol. The SMILES string of the molecule is Cl.O=C(NC1CC(C2CCNCC2)Cc2ccccc2N1C(=O)c1ccccc1)c1ccccc1. The van der Waals surface area contributed by atoms with Crippen LogP contribution in [0.2, 0.25) is 0 Å². The van der Waals surface area contributed by atoms with Crippen LogP contribution in [-0.2, 0) is 6.42 Å². The molecular weight excluding hydrogens is 458 g/mol. The predicted octanol–water partition coefficient (Wildman–Crippen LogP) is 5.07. The van der Waals surface area contributed by atoms with E-state index in [-0.39, 0.29) is 24.2 Å². The molecule has 2 aliphatic rings. The van der Waals surface area contributed by atoms with Crippen LogP contribution < -0.4 is 15.5 Å². The minimum atomic E-state index is -0.427. The quantitative estimate of drug-likeness (QED) is 0.537. The van der Waals surface area contributed by atoms with Crippen molar-refractivity contribution in [2.24, 2.45) is 11.8 Å². The van der Waals surface area contributed by atoms with Gasteiger partial charge in [0.15, 0.2) is 0 Å². The van der Waals surface area contributed by atoms with Gasteiger partial charge in [0.05, 0.1) is 0 Å². The Morgan fingerprint density at radius 3 is 2.06 bits per heavy atom. The largest absolute Gasteiger partial charge is 0.331 e. The summed E-state index contributed by atoms with van der Waals surface area (Å²) >= 11 is 0. The van der Waals surface area contributed by atoms with Crippen LogP contribution in [0.1, 0.15) is 45.5 Å². The summed E-state index contributed by atoms with van der Waals surface area (Å²) < 4.78 is 0. The first-order chi connectivity index (χ1) is 16.7. The van der Waals surface area contributed by atoms with Crippen molar-refractivity contribution >= 4 is 29.9 Å². The second-order valence-corrected chi connectivity index (χ2v) is 9.31. The fourth-order valence-electron chi connectivity index (χ4n) is 5.44. The van der Waals surface area contributed by atoms with Crippen LogP contribution in [0, 0.1) is 11.8 Å². The maximum atomic E-state index is 13.9. The molecule has 5 rings (SSSR count). The molecule has 0 aromatic heterocycles. The van der Waals surface area contributed by atoms with Crippen LogP contribution in [0.3, 0.4) is 0 Å². The molecule has 2 heterocycles. The van der Waals surface area contributed by atoms with Gasteiger partial charge in [-0.1, -0.05) is 54.6 Å². The first-order valence-electron chi connectivity index (χ1n) is 12.2. The third kappa shape index (κ3) is 5.58. The lowest BCUT2D eigenvalue weighted by Crippen LogP contribution is -2.52. The maximum Gasteiger partial charge on any atom is 0.259 e. The van der Waals surface area contributed by atoms with E-state index in [1.165, 1.54) is 5.56 Å². The summed E-state index contributed by atoms with van der Waals surface area (Å²) in [6.07, 6.45) is 3.47. The Hall–Kier alpha value is -3.15. The summed E-state index contributed by atoms with van der Waals surface area (Å²) in [5.41, 5.74) is 3.29. The van der Waals surface area contributed by atoms with Gasteiger partial charge in [-0.2, -0.15) is 0 Å². The fourth-order valence-corrected chi connectivity index (χ4v) is 5.44. The van der Waals surface area contributed by atoms with Gasteiger partial charge in [0.2, 0.25) is 0 Å². The highest BCUT2D eigenvalue weighted by atomic mass is 35.5. The summed E-state index contributed by atoms with van der Waals surface area (Å²) in [6.45, 7) is 2.05. The number of nitrogens with one attached hydrogen (secondary N) is 2. The number of hydrogen-bond acceptors (Lipinski definition) is 3. The Bertz CT molecular complexity index is 1130. The molecule has 3 aromatic rings. The van der Waals surface area contributed by atoms with Crippen LogP contribution in [0.5, 0.6) is 0 Å². The highest BCUT2D eigenvalue weighted by molar-refractivity contribution is 6.07. The van der Waals surface area contributed by atoms with Gasteiger partial charge >= 0.3 is 0 Å². The number of carbonyl (C=O) groups excluding carboxylic acids is 2. The molecule has 1 fully saturated rings. The van der Waals surface area contributed by atoms with E-state index in [0.717, 1.165) is 44.5 Å². The number of carbonyl (C=O) groups is 2. The van der Waals surface area contributed by atoms with Crippen molar-refractivity contribution in [1.82, 2.24) is 10.6 Å². The molecule has 2 N–H and O–H groups in total. The molecule has 2 aliphatic heterocycles. The van der Waals surface area contributed by atoms with Gasteiger partial charge < -0.3 is 10.6 Å². The molecule has 2 atom stereocenters. The molecule has 0 radical (unpaired) electrons. The minimum absolute atomic E-state index is 0. The standard InChI is InChI=1S/C29H31N3O2.ClH/c33-28(22-9-3-1-4-10-22)31-27-20-25(21-15-17-30-18-16-21)19-24-13-7-8-14-26(24)32(27)29(34)23-11-5-2-6-12-23;/h1-14,21,25,27,30H,15-20H2,(H,31,33);1H. The van der Waals surface area contributed by atoms with Crippen LogP contribution >= 0.6 is 12.4 Å². The lowest BCUT2D eigenvalue weighted by atomic mass is 9.79. The molecule has 0 spiro atoms. The Morgan fingerprint density at radius 1 is 0.771 bits per heavy atom. The number of halogens is 1. The monoisotopic (exact) mass is 489 g/mol. The molecule has 5 nitrogen and oxygen atoms in total. The molecule has 2 unspecified atom stereocenters. The number of anilines is 1. The van der Waals surface area contributed by atoms with Crippen molar-refractivity contribution in [1.29, 1.82) is 0 Å². The third-order valence-electron chi connectivity index (χ3n) is 7.19. The number of rotatable bonds is 4. The molecule has 0 saturated carbocycles. The molecule has 1 saturated heterocycles. The highest BCUT2D eigenvalue weighted by Gasteiger charge is 2.37. The van der Waals surface area contributed by atoms with E-state index in [1.807, 2.05) is 83.8 Å². The molecule has 2 amide bonds. The van der Waals surface area contributed by atoms with Crippen molar-refractivity contribution in [3.8, 4) is 0 Å². The van der Waals surface area contributed by atoms with Crippen LogP contribution in [0.25, 0.3) is 0 Å². The summed E-state index contributed by atoms with van der Waals surface area (Å²) in [4.78, 5) is 29.0. The summed E-state index contributed by atoms with van der Waals surface area (Å²) in [6, 6.07) is 26.8. The van der Waals surface area contributed by atoms with Crippen LogP contribution in [-0.4, -0.2) is 31.1 Å². The lowest BCUT2D eigenvalue weighted by molar-refractivity contribution is 0.0900. The van der Waals surface area contributed by atoms with Gasteiger partial charge in [0, 0.05) is 16.8 Å². The number of piperidine rings is 1. The van der Waals surface area contributed by atoms with Crippen molar-refractivity contribution < 1.29 is 9.59 Å². The van der Waals surface area contributed by atoms with E-state index >= 15 is 0 Å². The van der Waals surface area contributed by atoms with Crippen LogP contribution in [0.15, 0.2) is 84.9 Å². The van der Waals surface area contributed by atoms with Crippen molar-refractivity contribution in [3.05, 3.63) is 102 Å². The number of hydrogen-bond donors (Lipinski definition) is 2. The first-order valence-corrected chi connectivity index (χ1v) is 12.2. The molecule has 6 heteroatoms. The van der Waals surface area contributed by atoms with Crippen molar-refractivity contribution in [2.75, 3.05) is 18.0 Å². The maximum absolute atomic E-state index is 13.9. The van der Waals surface area contributed by atoms with E-state index < -0.39 is 6.17 Å². The number of para-hydroxylation sites is 1. The smallest absolute Gasteiger partial charge is 0.259 e. The van der Waals surface area contributed by atoms with E-state index in [1.54, 1.807) is 0 Å². The second-order valence-electron chi connectivity index (χ2n) is 9.31. The topological polar surface area (TPSA) is 61.4 Å². The van der Waals surface area contributed by atoms with Gasteiger partial charge in [0.1, 0.15) is 6.17 Å². The number of fused-ring (bicyclic) bond motifs is 1. The third-order valence-corrected chi connectivity index (χ3v) is 7.19. The minimum Gasteiger partial charge on any atom is -0.331 e. The van der Waals surface area contributed by atoms with E-state index in [9.17, 15) is 9.59 Å². The Balaban J connectivity index is 0.00000289. The van der Waals surface area contributed by atoms with Gasteiger partial charge in [-0.05, 0) is 86.5 Å². The normalized spacial score (nSPS) is 20.2. The first kappa shape index (κ1) is 25.0. The van der Waals surface area contributed by atoms with E-state index in [0.29, 0.717) is 23.0 Å². The van der Waals surface area contributed by atoms with Gasteiger partial charge in [0.25, 0.3) is 11.8 Å². The highest BCUT2D eigenvalue weighted by Crippen LogP contribution is 2.38. The second kappa shape index (κ2) is 11.5. The zero-order valence-corrected chi connectivity index (χ0v) is 20.5. The average molecular weight is 490 g/mol. The lowest BCUT2D eigenvalue weighted by Gasteiger charge is -2.35. The Morgan fingerprint density at radius 2 is 1.37 bits per heavy atom. The zero-order valence-electron chi connectivity index (χ0n) is 19.7.